The third kappa shape index (κ3) is 5.53. The lowest BCUT2D eigenvalue weighted by molar-refractivity contribution is 0.233. The minimum Gasteiger partial charge on any atom is -0.494 e. The SMILES string of the molecule is CCCC[Si](C)(C)c1ccc(-c2ccc(-c3ccc(OCCCO)cc3)c(F)c2F)c(F)c1F. The van der Waals surface area contributed by atoms with E-state index >= 15 is 13.2 Å². The molecule has 34 heavy (non-hydrogen) atoms. The third-order valence-electron chi connectivity index (χ3n) is 6.08. The van der Waals surface area contributed by atoms with E-state index in [1.165, 1.54) is 24.3 Å². The molecule has 0 unspecified atom stereocenters. The topological polar surface area (TPSA) is 29.5 Å². The second-order valence-electron chi connectivity index (χ2n) is 9.01. The van der Waals surface area contributed by atoms with E-state index in [-0.39, 0.29) is 23.3 Å². The molecule has 0 radical (unpaired) electrons. The van der Waals surface area contributed by atoms with Crippen molar-refractivity contribution in [2.75, 3.05) is 13.2 Å². The maximum atomic E-state index is 15.0. The number of halogens is 4. The Morgan fingerprint density at radius 3 is 1.91 bits per heavy atom. The van der Waals surface area contributed by atoms with Crippen LogP contribution in [0.2, 0.25) is 19.1 Å². The lowest BCUT2D eigenvalue weighted by Gasteiger charge is -2.24. The molecule has 3 rings (SSSR count). The van der Waals surface area contributed by atoms with E-state index in [9.17, 15) is 4.39 Å². The molecule has 1 N–H and O–H groups in total. The van der Waals surface area contributed by atoms with Gasteiger partial charge in [0.2, 0.25) is 0 Å². The van der Waals surface area contributed by atoms with Gasteiger partial charge in [-0.05, 0) is 22.9 Å². The second kappa shape index (κ2) is 11.2. The van der Waals surface area contributed by atoms with Gasteiger partial charge in [0.15, 0.2) is 23.3 Å². The van der Waals surface area contributed by atoms with E-state index in [4.69, 9.17) is 9.84 Å². The van der Waals surface area contributed by atoms with Crippen molar-refractivity contribution in [2.24, 2.45) is 0 Å². The molecule has 182 valence electrons. The van der Waals surface area contributed by atoms with Gasteiger partial charge in [0.1, 0.15) is 5.75 Å². The summed E-state index contributed by atoms with van der Waals surface area (Å²) in [7, 11) is -2.20. The number of benzene rings is 3. The van der Waals surface area contributed by atoms with Gasteiger partial charge < -0.3 is 9.84 Å². The molecular formula is C27H30F4O2Si. The van der Waals surface area contributed by atoms with Crippen LogP contribution in [0.1, 0.15) is 26.2 Å². The summed E-state index contributed by atoms with van der Waals surface area (Å²) in [6.07, 6.45) is 2.38. The molecule has 0 aliphatic rings. The number of hydrogen-bond donors (Lipinski definition) is 1. The molecule has 0 spiro atoms. The normalized spacial score (nSPS) is 11.6. The fourth-order valence-electron chi connectivity index (χ4n) is 4.00. The quantitative estimate of drug-likeness (QED) is 0.187. The van der Waals surface area contributed by atoms with E-state index in [1.807, 2.05) is 20.0 Å². The number of unbranched alkanes of at least 4 members (excludes halogenated alkanes) is 1. The highest BCUT2D eigenvalue weighted by atomic mass is 28.3. The van der Waals surface area contributed by atoms with Gasteiger partial charge >= 0.3 is 0 Å². The summed E-state index contributed by atoms with van der Waals surface area (Å²) < 4.78 is 65.5. The maximum Gasteiger partial charge on any atom is 0.167 e. The predicted molar refractivity (Wildman–Crippen MR) is 131 cm³/mol. The lowest BCUT2D eigenvalue weighted by atomic mass is 9.98. The second-order valence-corrected chi connectivity index (χ2v) is 13.8. The first kappa shape index (κ1) is 26.0. The Kier molecular flexibility index (Phi) is 8.55. The maximum absolute atomic E-state index is 15.0. The van der Waals surface area contributed by atoms with E-state index in [0.717, 1.165) is 18.9 Å². The Hall–Kier alpha value is -2.64. The van der Waals surface area contributed by atoms with Gasteiger partial charge in [-0.1, -0.05) is 75.3 Å². The summed E-state index contributed by atoms with van der Waals surface area (Å²) in [6.45, 7) is 6.37. The van der Waals surface area contributed by atoms with E-state index < -0.39 is 31.3 Å². The standard InChI is InChI=1S/C27H30F4O2Si/c1-4-5-17-34(2,3)23-14-13-22(26(30)27(23)31)21-12-11-20(24(28)25(21)29)18-7-9-19(10-8-18)33-16-6-15-32/h7-14,32H,4-6,15-17H2,1-3H3. The van der Waals surface area contributed by atoms with Crippen molar-refractivity contribution in [3.05, 3.63) is 71.8 Å². The molecule has 0 aromatic heterocycles. The highest BCUT2D eigenvalue weighted by Crippen LogP contribution is 2.34. The summed E-state index contributed by atoms with van der Waals surface area (Å²) in [5, 5.41) is 9.17. The zero-order valence-electron chi connectivity index (χ0n) is 19.7. The van der Waals surface area contributed by atoms with Crippen molar-refractivity contribution in [2.45, 2.75) is 45.3 Å². The number of hydrogen-bond acceptors (Lipinski definition) is 2. The lowest BCUT2D eigenvalue weighted by Crippen LogP contribution is -2.43. The number of aliphatic hydroxyl groups excluding tert-OH is 1. The van der Waals surface area contributed by atoms with E-state index in [0.29, 0.717) is 29.5 Å². The molecule has 0 bridgehead atoms. The Morgan fingerprint density at radius 1 is 0.735 bits per heavy atom. The molecule has 0 amide bonds. The first-order valence-electron chi connectivity index (χ1n) is 11.5. The van der Waals surface area contributed by atoms with Crippen molar-refractivity contribution in [1.82, 2.24) is 0 Å². The van der Waals surface area contributed by atoms with Crippen molar-refractivity contribution < 1.29 is 27.4 Å². The number of rotatable bonds is 10. The van der Waals surface area contributed by atoms with E-state index in [1.54, 1.807) is 24.3 Å². The smallest absolute Gasteiger partial charge is 0.167 e. The minimum atomic E-state index is -2.20. The van der Waals surface area contributed by atoms with Gasteiger partial charge in [-0.25, -0.2) is 17.6 Å². The molecule has 2 nitrogen and oxygen atoms in total. The summed E-state index contributed by atoms with van der Waals surface area (Å²) in [6, 6.07) is 12.7. The Balaban J connectivity index is 1.93. The molecular weight excluding hydrogens is 460 g/mol. The van der Waals surface area contributed by atoms with Crippen molar-refractivity contribution in [3.63, 3.8) is 0 Å². The zero-order valence-corrected chi connectivity index (χ0v) is 20.7. The molecule has 0 atom stereocenters. The molecule has 0 aliphatic carbocycles. The molecule has 3 aromatic rings. The molecule has 0 saturated carbocycles. The number of ether oxygens (including phenoxy) is 1. The van der Waals surface area contributed by atoms with Crippen LogP contribution < -0.4 is 9.92 Å². The van der Waals surface area contributed by atoms with Gasteiger partial charge in [0, 0.05) is 29.7 Å². The van der Waals surface area contributed by atoms with Crippen LogP contribution in [0.3, 0.4) is 0 Å². The highest BCUT2D eigenvalue weighted by Gasteiger charge is 2.29. The van der Waals surface area contributed by atoms with Crippen LogP contribution in [-0.4, -0.2) is 26.4 Å². The van der Waals surface area contributed by atoms with Crippen LogP contribution in [0.25, 0.3) is 22.3 Å². The van der Waals surface area contributed by atoms with Crippen molar-refractivity contribution >= 4 is 13.3 Å². The van der Waals surface area contributed by atoms with Crippen molar-refractivity contribution in [3.8, 4) is 28.0 Å². The number of aliphatic hydroxyl groups is 1. The van der Waals surface area contributed by atoms with Crippen LogP contribution in [0.15, 0.2) is 48.5 Å². The highest BCUT2D eigenvalue weighted by molar-refractivity contribution is 6.89. The molecule has 7 heteroatoms. The van der Waals surface area contributed by atoms with Gasteiger partial charge in [0.05, 0.1) is 14.7 Å². The largest absolute Gasteiger partial charge is 0.494 e. The molecule has 0 aliphatic heterocycles. The average molecular weight is 491 g/mol. The first-order valence-corrected chi connectivity index (χ1v) is 14.7. The van der Waals surface area contributed by atoms with Gasteiger partial charge in [-0.15, -0.1) is 0 Å². The van der Waals surface area contributed by atoms with E-state index in [2.05, 4.69) is 0 Å². The van der Waals surface area contributed by atoms with Crippen LogP contribution in [0.5, 0.6) is 5.75 Å². The predicted octanol–water partition coefficient (Wildman–Crippen LogP) is 7.05. The zero-order chi connectivity index (χ0) is 24.9. The molecule has 0 fully saturated rings. The summed E-state index contributed by atoms with van der Waals surface area (Å²) >= 11 is 0. The first-order chi connectivity index (χ1) is 16.2. The molecule has 0 saturated heterocycles. The van der Waals surface area contributed by atoms with Crippen LogP contribution in [0, 0.1) is 23.3 Å². The summed E-state index contributed by atoms with van der Waals surface area (Å²) in [4.78, 5) is 0. The Morgan fingerprint density at radius 2 is 1.29 bits per heavy atom. The average Bonchev–Trinajstić information content (AvgIpc) is 2.82. The van der Waals surface area contributed by atoms with Gasteiger partial charge in [-0.3, -0.25) is 0 Å². The fourth-order valence-corrected chi connectivity index (χ4v) is 6.74. The minimum absolute atomic E-state index is 0.00812. The van der Waals surface area contributed by atoms with Crippen molar-refractivity contribution in [1.29, 1.82) is 0 Å². The van der Waals surface area contributed by atoms with Crippen LogP contribution in [0.4, 0.5) is 17.6 Å². The van der Waals surface area contributed by atoms with Crippen LogP contribution >= 0.6 is 0 Å². The summed E-state index contributed by atoms with van der Waals surface area (Å²) in [5.74, 6) is -3.93. The van der Waals surface area contributed by atoms with Crippen LogP contribution in [-0.2, 0) is 0 Å². The Bertz CT molecular complexity index is 1130. The summed E-state index contributed by atoms with van der Waals surface area (Å²) in [5.41, 5.74) is -0.185. The molecule has 3 aromatic carbocycles. The Labute approximate surface area is 199 Å². The third-order valence-corrected chi connectivity index (χ3v) is 9.52. The molecule has 0 heterocycles. The van der Waals surface area contributed by atoms with Gasteiger partial charge in [-0.2, -0.15) is 0 Å². The monoisotopic (exact) mass is 490 g/mol. The fraction of sp³-hybridized carbons (Fsp3) is 0.333. The van der Waals surface area contributed by atoms with Gasteiger partial charge in [0.25, 0.3) is 0 Å².